The van der Waals surface area contributed by atoms with Crippen LogP contribution in [-0.4, -0.2) is 41.9 Å². The fourth-order valence-corrected chi connectivity index (χ4v) is 4.98. The first-order valence-electron chi connectivity index (χ1n) is 6.30. The van der Waals surface area contributed by atoms with E-state index in [9.17, 15) is 13.5 Å². The van der Waals surface area contributed by atoms with Crippen LogP contribution >= 0.6 is 11.8 Å². The zero-order valence-electron chi connectivity index (χ0n) is 11.1. The van der Waals surface area contributed by atoms with Gasteiger partial charge in [0.2, 0.25) is 10.0 Å². The molecule has 0 amide bonds. The quantitative estimate of drug-likeness (QED) is 0.926. The SMILES string of the molecule is CC(O)c1ccc(S(=O)(=O)N2CCSCC2C)cc1. The number of benzene rings is 1. The van der Waals surface area contributed by atoms with Crippen LogP contribution in [0.5, 0.6) is 0 Å². The molecule has 2 atom stereocenters. The molecule has 0 aliphatic carbocycles. The van der Waals surface area contributed by atoms with Crippen LogP contribution in [0.2, 0.25) is 0 Å². The molecule has 2 unspecified atom stereocenters. The lowest BCUT2D eigenvalue weighted by molar-refractivity contribution is 0.199. The van der Waals surface area contributed by atoms with Gasteiger partial charge in [0.1, 0.15) is 0 Å². The summed E-state index contributed by atoms with van der Waals surface area (Å²) in [6.45, 7) is 4.16. The van der Waals surface area contributed by atoms with Crippen molar-refractivity contribution < 1.29 is 13.5 Å². The molecule has 1 saturated heterocycles. The highest BCUT2D eigenvalue weighted by molar-refractivity contribution is 7.99. The van der Waals surface area contributed by atoms with Crippen LogP contribution in [0.3, 0.4) is 0 Å². The van der Waals surface area contributed by atoms with E-state index in [1.807, 2.05) is 6.92 Å². The minimum Gasteiger partial charge on any atom is -0.389 e. The third kappa shape index (κ3) is 3.13. The third-order valence-corrected chi connectivity index (χ3v) is 6.49. The van der Waals surface area contributed by atoms with Gasteiger partial charge in [-0.05, 0) is 31.5 Å². The molecule has 6 heteroatoms. The fraction of sp³-hybridized carbons (Fsp3) is 0.538. The molecule has 0 aromatic heterocycles. The van der Waals surface area contributed by atoms with Gasteiger partial charge in [0.15, 0.2) is 0 Å². The van der Waals surface area contributed by atoms with Gasteiger partial charge in [-0.2, -0.15) is 16.1 Å². The Morgan fingerprint density at radius 3 is 2.53 bits per heavy atom. The molecule has 1 aromatic carbocycles. The summed E-state index contributed by atoms with van der Waals surface area (Å²) in [5.41, 5.74) is 0.723. The third-order valence-electron chi connectivity index (χ3n) is 3.28. The Morgan fingerprint density at radius 1 is 1.37 bits per heavy atom. The summed E-state index contributed by atoms with van der Waals surface area (Å²) in [6.07, 6.45) is -0.581. The summed E-state index contributed by atoms with van der Waals surface area (Å²) >= 11 is 1.79. The highest BCUT2D eigenvalue weighted by atomic mass is 32.2. The largest absolute Gasteiger partial charge is 0.389 e. The van der Waals surface area contributed by atoms with Gasteiger partial charge >= 0.3 is 0 Å². The summed E-state index contributed by atoms with van der Waals surface area (Å²) in [5.74, 6) is 1.68. The average molecular weight is 301 g/mol. The van der Waals surface area contributed by atoms with E-state index in [-0.39, 0.29) is 6.04 Å². The van der Waals surface area contributed by atoms with Crippen molar-refractivity contribution in [3.05, 3.63) is 29.8 Å². The van der Waals surface area contributed by atoms with Crippen molar-refractivity contribution in [2.24, 2.45) is 0 Å². The molecular weight excluding hydrogens is 282 g/mol. The van der Waals surface area contributed by atoms with Gasteiger partial charge in [0.25, 0.3) is 0 Å². The molecule has 4 nitrogen and oxygen atoms in total. The van der Waals surface area contributed by atoms with Gasteiger partial charge in [0.05, 0.1) is 11.0 Å². The molecule has 0 bridgehead atoms. The molecule has 0 radical (unpaired) electrons. The monoisotopic (exact) mass is 301 g/mol. The van der Waals surface area contributed by atoms with Crippen LogP contribution in [-0.2, 0) is 10.0 Å². The summed E-state index contributed by atoms with van der Waals surface area (Å²) in [7, 11) is -3.42. The minimum atomic E-state index is -3.42. The molecule has 1 aliphatic heterocycles. The maximum atomic E-state index is 12.5. The van der Waals surface area contributed by atoms with Crippen molar-refractivity contribution >= 4 is 21.8 Å². The molecule has 1 fully saturated rings. The standard InChI is InChI=1S/C13H19NO3S2/c1-10-9-18-8-7-14(10)19(16,17)13-5-3-12(4-6-13)11(2)15/h3-6,10-11,15H,7-9H2,1-2H3. The molecule has 106 valence electrons. The van der Waals surface area contributed by atoms with Crippen LogP contribution in [0.1, 0.15) is 25.5 Å². The number of thioether (sulfide) groups is 1. The molecule has 0 spiro atoms. The second-order valence-electron chi connectivity index (χ2n) is 4.78. The predicted molar refractivity (Wildman–Crippen MR) is 77.8 cm³/mol. The topological polar surface area (TPSA) is 57.6 Å². The lowest BCUT2D eigenvalue weighted by atomic mass is 10.1. The van der Waals surface area contributed by atoms with Crippen molar-refractivity contribution in [2.75, 3.05) is 18.1 Å². The van der Waals surface area contributed by atoms with Crippen LogP contribution in [0, 0.1) is 0 Å². The summed E-state index contributed by atoms with van der Waals surface area (Å²) < 4.78 is 26.6. The Labute approximate surface area is 118 Å². The molecule has 1 aliphatic rings. The lowest BCUT2D eigenvalue weighted by Crippen LogP contribution is -2.44. The second kappa shape index (κ2) is 5.83. The van der Waals surface area contributed by atoms with Crippen molar-refractivity contribution in [1.29, 1.82) is 0 Å². The number of aliphatic hydroxyl groups excluding tert-OH is 1. The van der Waals surface area contributed by atoms with E-state index in [1.54, 1.807) is 47.3 Å². The number of hydrogen-bond donors (Lipinski definition) is 1. The van der Waals surface area contributed by atoms with Crippen LogP contribution in [0.15, 0.2) is 29.2 Å². The van der Waals surface area contributed by atoms with Gasteiger partial charge in [-0.15, -0.1) is 0 Å². The molecule has 1 aromatic rings. The van der Waals surface area contributed by atoms with Crippen molar-refractivity contribution in [1.82, 2.24) is 4.31 Å². The van der Waals surface area contributed by atoms with Crippen molar-refractivity contribution in [3.63, 3.8) is 0 Å². The normalized spacial score (nSPS) is 23.2. The lowest BCUT2D eigenvalue weighted by Gasteiger charge is -2.32. The zero-order chi connectivity index (χ0) is 14.0. The number of sulfonamides is 1. The highest BCUT2D eigenvalue weighted by Gasteiger charge is 2.31. The predicted octanol–water partition coefficient (Wildman–Crippen LogP) is 1.87. The van der Waals surface area contributed by atoms with Gasteiger partial charge in [-0.1, -0.05) is 12.1 Å². The Morgan fingerprint density at radius 2 is 2.00 bits per heavy atom. The Bertz CT molecular complexity index is 525. The number of hydrogen-bond acceptors (Lipinski definition) is 4. The number of nitrogens with zero attached hydrogens (tertiary/aromatic N) is 1. The maximum absolute atomic E-state index is 12.5. The summed E-state index contributed by atoms with van der Waals surface area (Å²) in [5, 5.41) is 9.45. The fourth-order valence-electron chi connectivity index (χ4n) is 2.12. The summed E-state index contributed by atoms with van der Waals surface area (Å²) in [4.78, 5) is 0.302. The molecule has 2 rings (SSSR count). The van der Waals surface area contributed by atoms with Gasteiger partial charge in [0, 0.05) is 24.1 Å². The highest BCUT2D eigenvalue weighted by Crippen LogP contribution is 2.25. The smallest absolute Gasteiger partial charge is 0.243 e. The number of rotatable bonds is 3. The first-order chi connectivity index (χ1) is 8.93. The Hall–Kier alpha value is -0.560. The van der Waals surface area contributed by atoms with Crippen LogP contribution in [0.4, 0.5) is 0 Å². The molecule has 19 heavy (non-hydrogen) atoms. The van der Waals surface area contributed by atoms with E-state index in [0.29, 0.717) is 11.4 Å². The van der Waals surface area contributed by atoms with E-state index < -0.39 is 16.1 Å². The van der Waals surface area contributed by atoms with Crippen molar-refractivity contribution in [3.8, 4) is 0 Å². The Kier molecular flexibility index (Phi) is 4.55. The van der Waals surface area contributed by atoms with E-state index in [4.69, 9.17) is 0 Å². The van der Waals surface area contributed by atoms with E-state index in [1.165, 1.54) is 0 Å². The van der Waals surface area contributed by atoms with E-state index >= 15 is 0 Å². The van der Waals surface area contributed by atoms with Gasteiger partial charge in [-0.3, -0.25) is 0 Å². The van der Waals surface area contributed by atoms with Gasteiger partial charge < -0.3 is 5.11 Å². The van der Waals surface area contributed by atoms with E-state index in [0.717, 1.165) is 17.1 Å². The van der Waals surface area contributed by atoms with E-state index in [2.05, 4.69) is 0 Å². The van der Waals surface area contributed by atoms with Crippen LogP contribution in [0.25, 0.3) is 0 Å². The maximum Gasteiger partial charge on any atom is 0.243 e. The molecule has 0 saturated carbocycles. The average Bonchev–Trinajstić information content (AvgIpc) is 2.39. The first-order valence-corrected chi connectivity index (χ1v) is 8.90. The molecular formula is C13H19NO3S2. The zero-order valence-corrected chi connectivity index (χ0v) is 12.7. The van der Waals surface area contributed by atoms with Crippen molar-refractivity contribution in [2.45, 2.75) is 30.9 Å². The second-order valence-corrected chi connectivity index (χ2v) is 7.83. The minimum absolute atomic E-state index is 0.0280. The van der Waals surface area contributed by atoms with Crippen LogP contribution < -0.4 is 0 Å². The Balaban J connectivity index is 2.28. The molecule has 1 N–H and O–H groups in total. The first kappa shape index (κ1) is 14.8. The number of aliphatic hydroxyl groups is 1. The summed E-state index contributed by atoms with van der Waals surface area (Å²) in [6, 6.07) is 6.51. The molecule has 1 heterocycles. The van der Waals surface area contributed by atoms with Gasteiger partial charge in [-0.25, -0.2) is 8.42 Å².